The Kier molecular flexibility index (Phi) is 5.56. The van der Waals surface area contributed by atoms with Crippen molar-refractivity contribution >= 4 is 29.1 Å². The van der Waals surface area contributed by atoms with Crippen LogP contribution in [0.2, 0.25) is 0 Å². The Morgan fingerprint density at radius 2 is 1.90 bits per heavy atom. The number of nitrogens with one attached hydrogen (secondary N) is 1. The molecule has 4 rings (SSSR count). The van der Waals surface area contributed by atoms with Crippen LogP contribution in [0.5, 0.6) is 11.5 Å². The number of likely N-dealkylation sites (tertiary alicyclic amines) is 1. The number of carbonyl (C=O) groups is 3. The summed E-state index contributed by atoms with van der Waals surface area (Å²) in [5, 5.41) is 2.77. The van der Waals surface area contributed by atoms with Crippen molar-refractivity contribution in [2.45, 2.75) is 12.8 Å². The summed E-state index contributed by atoms with van der Waals surface area (Å²) in [5.41, 5.74) is 1.42. The number of rotatable bonds is 5. The van der Waals surface area contributed by atoms with Crippen LogP contribution in [-0.4, -0.2) is 56.0 Å². The lowest BCUT2D eigenvalue weighted by molar-refractivity contribution is -0.123. The van der Waals surface area contributed by atoms with Crippen LogP contribution >= 0.6 is 0 Å². The van der Waals surface area contributed by atoms with Crippen molar-refractivity contribution in [2.24, 2.45) is 0 Å². The van der Waals surface area contributed by atoms with Gasteiger partial charge in [-0.2, -0.15) is 0 Å². The van der Waals surface area contributed by atoms with E-state index >= 15 is 0 Å². The van der Waals surface area contributed by atoms with E-state index in [0.29, 0.717) is 28.4 Å². The molecule has 156 valence electrons. The summed E-state index contributed by atoms with van der Waals surface area (Å²) in [4.78, 5) is 41.1. The minimum Gasteiger partial charge on any atom is -0.495 e. The van der Waals surface area contributed by atoms with E-state index in [1.807, 2.05) is 0 Å². The predicted octanol–water partition coefficient (Wildman–Crippen LogP) is 2.30. The van der Waals surface area contributed by atoms with E-state index < -0.39 is 0 Å². The summed E-state index contributed by atoms with van der Waals surface area (Å²) in [6.07, 6.45) is 1.99. The van der Waals surface area contributed by atoms with Crippen LogP contribution in [0.4, 0.5) is 11.4 Å². The molecule has 0 radical (unpaired) electrons. The molecule has 30 heavy (non-hydrogen) atoms. The first-order chi connectivity index (χ1) is 14.6. The molecule has 2 aromatic rings. The second kappa shape index (κ2) is 8.44. The van der Waals surface area contributed by atoms with Crippen LogP contribution in [0.25, 0.3) is 0 Å². The Morgan fingerprint density at radius 3 is 2.67 bits per heavy atom. The standard InChI is InChI=1S/C22H23N3O5/c1-29-18-7-3-2-6-16(18)23-20(26)13-25-17-12-15(22(28)24-10-4-5-11-24)8-9-19(17)30-14-21(25)27/h2-3,6-9,12H,4-5,10-11,13-14H2,1H3,(H,23,26). The van der Waals surface area contributed by atoms with Gasteiger partial charge in [-0.1, -0.05) is 12.1 Å². The minimum atomic E-state index is -0.378. The highest BCUT2D eigenvalue weighted by Gasteiger charge is 2.29. The molecule has 2 heterocycles. The van der Waals surface area contributed by atoms with Gasteiger partial charge in [-0.25, -0.2) is 0 Å². The second-order valence-corrected chi connectivity index (χ2v) is 7.20. The maximum absolute atomic E-state index is 12.7. The summed E-state index contributed by atoms with van der Waals surface area (Å²) < 4.78 is 10.7. The molecule has 2 aromatic carbocycles. The first-order valence-electron chi connectivity index (χ1n) is 9.86. The zero-order valence-electron chi connectivity index (χ0n) is 16.7. The zero-order valence-corrected chi connectivity index (χ0v) is 16.7. The largest absolute Gasteiger partial charge is 0.495 e. The van der Waals surface area contributed by atoms with Gasteiger partial charge in [-0.05, 0) is 43.2 Å². The number of hydrogen-bond donors (Lipinski definition) is 1. The maximum Gasteiger partial charge on any atom is 0.265 e. The lowest BCUT2D eigenvalue weighted by Crippen LogP contribution is -2.43. The molecule has 3 amide bonds. The van der Waals surface area contributed by atoms with E-state index in [1.54, 1.807) is 47.4 Å². The van der Waals surface area contributed by atoms with Crippen LogP contribution in [0.15, 0.2) is 42.5 Å². The topological polar surface area (TPSA) is 88.2 Å². The number of nitrogens with zero attached hydrogens (tertiary/aromatic N) is 2. The molecule has 0 aromatic heterocycles. The third kappa shape index (κ3) is 3.94. The van der Waals surface area contributed by atoms with Gasteiger partial charge in [0.05, 0.1) is 18.5 Å². The van der Waals surface area contributed by atoms with Crippen molar-refractivity contribution in [3.05, 3.63) is 48.0 Å². The van der Waals surface area contributed by atoms with Crippen molar-refractivity contribution in [1.29, 1.82) is 0 Å². The molecule has 0 atom stereocenters. The molecular formula is C22H23N3O5. The van der Waals surface area contributed by atoms with E-state index in [1.165, 1.54) is 12.0 Å². The Hall–Kier alpha value is -3.55. The first-order valence-corrected chi connectivity index (χ1v) is 9.86. The van der Waals surface area contributed by atoms with Gasteiger partial charge in [0, 0.05) is 18.7 Å². The van der Waals surface area contributed by atoms with Crippen molar-refractivity contribution in [2.75, 3.05) is 43.6 Å². The van der Waals surface area contributed by atoms with E-state index in [0.717, 1.165) is 25.9 Å². The molecule has 0 saturated carbocycles. The average molecular weight is 409 g/mol. The van der Waals surface area contributed by atoms with Gasteiger partial charge in [0.2, 0.25) is 5.91 Å². The van der Waals surface area contributed by atoms with E-state index in [-0.39, 0.29) is 30.9 Å². The normalized spacial score (nSPS) is 15.4. The van der Waals surface area contributed by atoms with Gasteiger partial charge in [0.15, 0.2) is 6.61 Å². The van der Waals surface area contributed by atoms with Crippen LogP contribution < -0.4 is 19.7 Å². The van der Waals surface area contributed by atoms with E-state index in [9.17, 15) is 14.4 Å². The van der Waals surface area contributed by atoms with Crippen molar-refractivity contribution in [3.63, 3.8) is 0 Å². The van der Waals surface area contributed by atoms with Gasteiger partial charge in [0.1, 0.15) is 18.0 Å². The molecule has 8 heteroatoms. The lowest BCUT2D eigenvalue weighted by atomic mass is 10.1. The first kappa shape index (κ1) is 19.8. The summed E-state index contributed by atoms with van der Waals surface area (Å²) in [6.45, 7) is 1.11. The molecule has 2 aliphatic rings. The number of anilines is 2. The summed E-state index contributed by atoms with van der Waals surface area (Å²) in [7, 11) is 1.52. The number of ether oxygens (including phenoxy) is 2. The second-order valence-electron chi connectivity index (χ2n) is 7.20. The molecule has 8 nitrogen and oxygen atoms in total. The van der Waals surface area contributed by atoms with Gasteiger partial charge in [0.25, 0.3) is 11.8 Å². The van der Waals surface area contributed by atoms with Crippen LogP contribution in [0.3, 0.4) is 0 Å². The van der Waals surface area contributed by atoms with Crippen LogP contribution in [-0.2, 0) is 9.59 Å². The average Bonchev–Trinajstić information content (AvgIpc) is 3.30. The third-order valence-electron chi connectivity index (χ3n) is 5.22. The Labute approximate surface area is 174 Å². The summed E-state index contributed by atoms with van der Waals surface area (Å²) in [5.74, 6) is 0.197. The lowest BCUT2D eigenvalue weighted by Gasteiger charge is -2.29. The van der Waals surface area contributed by atoms with Crippen molar-refractivity contribution in [1.82, 2.24) is 4.90 Å². The minimum absolute atomic E-state index is 0.0771. The highest BCUT2D eigenvalue weighted by atomic mass is 16.5. The fourth-order valence-electron chi connectivity index (χ4n) is 3.69. The number of hydrogen-bond acceptors (Lipinski definition) is 5. The van der Waals surface area contributed by atoms with E-state index in [4.69, 9.17) is 9.47 Å². The quantitative estimate of drug-likeness (QED) is 0.819. The zero-order chi connectivity index (χ0) is 21.1. The Balaban J connectivity index is 1.55. The van der Waals surface area contributed by atoms with Gasteiger partial charge < -0.3 is 19.7 Å². The maximum atomic E-state index is 12.7. The number of benzene rings is 2. The number of methoxy groups -OCH3 is 1. The predicted molar refractivity (Wildman–Crippen MR) is 111 cm³/mol. The fraction of sp³-hybridized carbons (Fsp3) is 0.318. The Morgan fingerprint density at radius 1 is 1.13 bits per heavy atom. The third-order valence-corrected chi connectivity index (χ3v) is 5.22. The van der Waals surface area contributed by atoms with Crippen molar-refractivity contribution < 1.29 is 23.9 Å². The van der Waals surface area contributed by atoms with Crippen LogP contribution in [0, 0.1) is 0 Å². The fourth-order valence-corrected chi connectivity index (χ4v) is 3.69. The number of fused-ring (bicyclic) bond motifs is 1. The highest BCUT2D eigenvalue weighted by molar-refractivity contribution is 6.06. The molecule has 0 bridgehead atoms. The molecule has 1 N–H and O–H groups in total. The number of para-hydroxylation sites is 2. The summed E-state index contributed by atoms with van der Waals surface area (Å²) in [6, 6.07) is 12.0. The molecular weight excluding hydrogens is 386 g/mol. The smallest absolute Gasteiger partial charge is 0.265 e. The number of carbonyl (C=O) groups excluding carboxylic acids is 3. The summed E-state index contributed by atoms with van der Waals surface area (Å²) >= 11 is 0. The molecule has 1 fully saturated rings. The molecule has 0 aliphatic carbocycles. The monoisotopic (exact) mass is 409 g/mol. The molecule has 0 spiro atoms. The SMILES string of the molecule is COc1ccccc1NC(=O)CN1C(=O)COc2ccc(C(=O)N3CCCC3)cc21. The van der Waals surface area contributed by atoms with Crippen molar-refractivity contribution in [3.8, 4) is 11.5 Å². The highest BCUT2D eigenvalue weighted by Crippen LogP contribution is 2.33. The van der Waals surface area contributed by atoms with Gasteiger partial charge in [-0.3, -0.25) is 19.3 Å². The number of amides is 3. The Bertz CT molecular complexity index is 984. The van der Waals surface area contributed by atoms with Gasteiger partial charge >= 0.3 is 0 Å². The van der Waals surface area contributed by atoms with Gasteiger partial charge in [-0.15, -0.1) is 0 Å². The van der Waals surface area contributed by atoms with E-state index in [2.05, 4.69) is 5.32 Å². The molecule has 2 aliphatic heterocycles. The van der Waals surface area contributed by atoms with Crippen LogP contribution in [0.1, 0.15) is 23.2 Å². The molecule has 1 saturated heterocycles. The molecule has 0 unspecified atom stereocenters.